The summed E-state index contributed by atoms with van der Waals surface area (Å²) >= 11 is 0. The zero-order valence-corrected chi connectivity index (χ0v) is 18.8. The van der Waals surface area contributed by atoms with Crippen LogP contribution in [-0.4, -0.2) is 58.7 Å². The first-order valence-corrected chi connectivity index (χ1v) is 10.8. The smallest absolute Gasteiger partial charge is 0.248 e. The Labute approximate surface area is 170 Å². The summed E-state index contributed by atoms with van der Waals surface area (Å²) in [5.41, 5.74) is -0.647. The third-order valence-electron chi connectivity index (χ3n) is 6.62. The Morgan fingerprint density at radius 2 is 1.86 bits per heavy atom. The minimum Gasteiger partial charge on any atom is -0.342 e. The van der Waals surface area contributed by atoms with Crippen LogP contribution in [0.2, 0.25) is 0 Å². The van der Waals surface area contributed by atoms with E-state index in [1.54, 1.807) is 6.92 Å². The largest absolute Gasteiger partial charge is 0.342 e. The van der Waals surface area contributed by atoms with Crippen molar-refractivity contribution in [2.45, 2.75) is 85.7 Å². The van der Waals surface area contributed by atoms with Gasteiger partial charge in [-0.1, -0.05) is 34.6 Å². The normalized spacial score (nSPS) is 23.9. The van der Waals surface area contributed by atoms with Gasteiger partial charge >= 0.3 is 0 Å². The van der Waals surface area contributed by atoms with Crippen molar-refractivity contribution >= 4 is 17.7 Å². The van der Waals surface area contributed by atoms with Crippen LogP contribution in [0.5, 0.6) is 0 Å². The number of amides is 3. The molecule has 1 N–H and O–H groups in total. The van der Waals surface area contributed by atoms with E-state index in [2.05, 4.69) is 26.1 Å². The maximum Gasteiger partial charge on any atom is 0.248 e. The summed E-state index contributed by atoms with van der Waals surface area (Å²) in [4.78, 5) is 41.8. The van der Waals surface area contributed by atoms with E-state index in [0.717, 1.165) is 32.2 Å². The fourth-order valence-corrected chi connectivity index (χ4v) is 4.72. The molecular formula is C22H39N3O3. The number of likely N-dealkylation sites (tertiary alicyclic amines) is 1. The van der Waals surface area contributed by atoms with Gasteiger partial charge in [-0.05, 0) is 43.9 Å². The average molecular weight is 394 g/mol. The molecule has 0 bridgehead atoms. The average Bonchev–Trinajstić information content (AvgIpc) is 3.04. The van der Waals surface area contributed by atoms with Crippen molar-refractivity contribution in [2.24, 2.45) is 17.3 Å². The summed E-state index contributed by atoms with van der Waals surface area (Å²) in [6.07, 6.45) is 3.63. The Balaban J connectivity index is 2.08. The summed E-state index contributed by atoms with van der Waals surface area (Å²) in [6.45, 7) is 15.6. The number of rotatable bonds is 7. The van der Waals surface area contributed by atoms with Crippen LogP contribution in [0.1, 0.15) is 74.1 Å². The van der Waals surface area contributed by atoms with Crippen molar-refractivity contribution < 1.29 is 14.4 Å². The molecule has 0 spiro atoms. The van der Waals surface area contributed by atoms with Crippen molar-refractivity contribution in [1.29, 1.82) is 0 Å². The van der Waals surface area contributed by atoms with Crippen LogP contribution in [-0.2, 0) is 14.4 Å². The minimum absolute atomic E-state index is 0.0199. The van der Waals surface area contributed by atoms with Gasteiger partial charge in [0.1, 0.15) is 5.54 Å². The quantitative estimate of drug-likeness (QED) is 0.723. The first kappa shape index (κ1) is 22.7. The van der Waals surface area contributed by atoms with Gasteiger partial charge < -0.3 is 15.1 Å². The Hall–Kier alpha value is -1.59. The van der Waals surface area contributed by atoms with Crippen molar-refractivity contribution in [3.63, 3.8) is 0 Å². The summed E-state index contributed by atoms with van der Waals surface area (Å²) in [6, 6.07) is 0.0776. The van der Waals surface area contributed by atoms with Gasteiger partial charge in [-0.2, -0.15) is 0 Å². The van der Waals surface area contributed by atoms with E-state index in [0.29, 0.717) is 13.1 Å². The van der Waals surface area contributed by atoms with Gasteiger partial charge in [-0.15, -0.1) is 0 Å². The van der Waals surface area contributed by atoms with Gasteiger partial charge in [-0.25, -0.2) is 0 Å². The maximum atomic E-state index is 13.2. The van der Waals surface area contributed by atoms with E-state index in [1.807, 2.05) is 23.6 Å². The molecule has 28 heavy (non-hydrogen) atoms. The highest BCUT2D eigenvalue weighted by Crippen LogP contribution is 2.45. The van der Waals surface area contributed by atoms with Crippen LogP contribution in [0.4, 0.5) is 0 Å². The second kappa shape index (κ2) is 8.42. The molecule has 2 unspecified atom stereocenters. The van der Waals surface area contributed by atoms with Crippen molar-refractivity contribution in [3.05, 3.63) is 0 Å². The Bertz CT molecular complexity index is 608. The number of carbonyl (C=O) groups is 3. The molecule has 0 aromatic rings. The molecule has 1 heterocycles. The van der Waals surface area contributed by atoms with E-state index >= 15 is 0 Å². The number of hydrogen-bond donors (Lipinski definition) is 1. The molecule has 1 aliphatic carbocycles. The van der Waals surface area contributed by atoms with Gasteiger partial charge in [0.05, 0.1) is 6.04 Å². The SMILES string of the molecule is CCCN(C(=O)C1CC(C)(C)C1)C1CCN(C(=O)C(C)(NC(C)=O)C(C)C)C1. The molecule has 2 fully saturated rings. The predicted octanol–water partition coefficient (Wildman–Crippen LogP) is 2.81. The van der Waals surface area contributed by atoms with Gasteiger partial charge in [-0.3, -0.25) is 14.4 Å². The molecule has 0 aromatic heterocycles. The Kier molecular flexibility index (Phi) is 6.82. The molecule has 1 saturated carbocycles. The highest BCUT2D eigenvalue weighted by Gasteiger charge is 2.46. The van der Waals surface area contributed by atoms with Crippen LogP contribution in [0.25, 0.3) is 0 Å². The highest BCUT2D eigenvalue weighted by molar-refractivity contribution is 5.91. The van der Waals surface area contributed by atoms with Gasteiger partial charge in [0, 0.05) is 32.5 Å². The summed E-state index contributed by atoms with van der Waals surface area (Å²) < 4.78 is 0. The maximum absolute atomic E-state index is 13.2. The van der Waals surface area contributed by atoms with E-state index in [4.69, 9.17) is 0 Å². The minimum atomic E-state index is -0.918. The number of hydrogen-bond acceptors (Lipinski definition) is 3. The van der Waals surface area contributed by atoms with Gasteiger partial charge in [0.25, 0.3) is 0 Å². The first-order chi connectivity index (χ1) is 12.9. The number of carbonyl (C=O) groups excluding carboxylic acids is 3. The van der Waals surface area contributed by atoms with Crippen LogP contribution in [0.3, 0.4) is 0 Å². The number of nitrogens with zero attached hydrogens (tertiary/aromatic N) is 2. The lowest BCUT2D eigenvalue weighted by Gasteiger charge is -2.44. The summed E-state index contributed by atoms with van der Waals surface area (Å²) in [5, 5.41) is 2.86. The lowest BCUT2D eigenvalue weighted by Crippen LogP contribution is -2.60. The standard InChI is InChI=1S/C22H39N3O3/c1-8-10-25(19(27)17-12-21(5,6)13-17)18-9-11-24(14-18)20(28)22(7,15(2)3)23-16(4)26/h15,17-18H,8-14H2,1-7H3,(H,23,26). The molecule has 6 heteroatoms. The third-order valence-corrected chi connectivity index (χ3v) is 6.62. The summed E-state index contributed by atoms with van der Waals surface area (Å²) in [5.74, 6) is 0.124. The van der Waals surface area contributed by atoms with E-state index in [1.165, 1.54) is 6.92 Å². The second-order valence-electron chi connectivity index (χ2n) is 10.0. The zero-order chi connectivity index (χ0) is 21.3. The lowest BCUT2D eigenvalue weighted by atomic mass is 9.64. The van der Waals surface area contributed by atoms with Gasteiger partial charge in [0.15, 0.2) is 0 Å². The molecule has 2 atom stereocenters. The first-order valence-electron chi connectivity index (χ1n) is 10.8. The van der Waals surface area contributed by atoms with Crippen molar-refractivity contribution in [1.82, 2.24) is 15.1 Å². The Morgan fingerprint density at radius 3 is 2.32 bits per heavy atom. The van der Waals surface area contributed by atoms with Crippen LogP contribution in [0.15, 0.2) is 0 Å². The van der Waals surface area contributed by atoms with E-state index in [9.17, 15) is 14.4 Å². The molecule has 3 amide bonds. The molecule has 2 rings (SSSR count). The molecule has 160 valence electrons. The molecule has 6 nitrogen and oxygen atoms in total. The predicted molar refractivity (Wildman–Crippen MR) is 111 cm³/mol. The Morgan fingerprint density at radius 1 is 1.25 bits per heavy atom. The fourth-order valence-electron chi connectivity index (χ4n) is 4.72. The number of nitrogens with one attached hydrogen (secondary N) is 1. The van der Waals surface area contributed by atoms with Crippen LogP contribution >= 0.6 is 0 Å². The van der Waals surface area contributed by atoms with Crippen LogP contribution < -0.4 is 5.32 Å². The van der Waals surface area contributed by atoms with Crippen molar-refractivity contribution in [2.75, 3.05) is 19.6 Å². The molecule has 1 aliphatic heterocycles. The fraction of sp³-hybridized carbons (Fsp3) is 0.864. The molecule has 0 radical (unpaired) electrons. The topological polar surface area (TPSA) is 69.7 Å². The third kappa shape index (κ3) is 4.69. The van der Waals surface area contributed by atoms with Gasteiger partial charge in [0.2, 0.25) is 17.7 Å². The van der Waals surface area contributed by atoms with E-state index < -0.39 is 5.54 Å². The molecule has 1 saturated heterocycles. The lowest BCUT2D eigenvalue weighted by molar-refractivity contribution is -0.146. The molecule has 0 aromatic carbocycles. The van der Waals surface area contributed by atoms with Crippen molar-refractivity contribution in [3.8, 4) is 0 Å². The zero-order valence-electron chi connectivity index (χ0n) is 18.8. The van der Waals surface area contributed by atoms with E-state index in [-0.39, 0.29) is 41.0 Å². The second-order valence-corrected chi connectivity index (χ2v) is 10.0. The summed E-state index contributed by atoms with van der Waals surface area (Å²) in [7, 11) is 0. The highest BCUT2D eigenvalue weighted by atomic mass is 16.2. The molecule has 2 aliphatic rings. The monoisotopic (exact) mass is 393 g/mol. The molecular weight excluding hydrogens is 354 g/mol. The van der Waals surface area contributed by atoms with Crippen LogP contribution in [0, 0.1) is 17.3 Å².